The number of carbonyl (C=O) groups excluding carboxylic acids is 1. The lowest BCUT2D eigenvalue weighted by Crippen LogP contribution is -2.16. The van der Waals surface area contributed by atoms with Crippen LogP contribution >= 0.6 is 15.9 Å². The molecule has 0 saturated heterocycles. The Balaban J connectivity index is 1.60. The highest BCUT2D eigenvalue weighted by molar-refractivity contribution is 9.10. The highest BCUT2D eigenvalue weighted by atomic mass is 79.9. The minimum atomic E-state index is -0.334. The van der Waals surface area contributed by atoms with Crippen molar-refractivity contribution in [3.63, 3.8) is 0 Å². The van der Waals surface area contributed by atoms with Gasteiger partial charge in [-0.3, -0.25) is 4.79 Å². The van der Waals surface area contributed by atoms with Crippen molar-refractivity contribution >= 4 is 33.7 Å². The second kappa shape index (κ2) is 12.0. The largest absolute Gasteiger partial charge is 0.490 e. The normalized spacial score (nSPS) is 10.8. The summed E-state index contributed by atoms with van der Waals surface area (Å²) in [5.41, 5.74) is 2.90. The highest BCUT2D eigenvalue weighted by Gasteiger charge is 2.13. The lowest BCUT2D eigenvalue weighted by atomic mass is 10.2. The highest BCUT2D eigenvalue weighted by Crippen LogP contribution is 2.37. The molecule has 1 N–H and O–H groups in total. The van der Waals surface area contributed by atoms with E-state index in [0.717, 1.165) is 5.56 Å². The molecule has 0 unspecified atom stereocenters. The van der Waals surface area contributed by atoms with Crippen molar-refractivity contribution < 1.29 is 23.5 Å². The third-order valence-corrected chi connectivity index (χ3v) is 5.06. The first-order valence-electron chi connectivity index (χ1n) is 10.3. The number of aryl methyl sites for hydroxylation is 1. The van der Waals surface area contributed by atoms with E-state index in [1.807, 2.05) is 38.1 Å². The number of carbonyl (C=O) groups is 1. The molecule has 0 aliphatic heterocycles. The van der Waals surface area contributed by atoms with Crippen LogP contribution in [0.25, 0.3) is 0 Å². The summed E-state index contributed by atoms with van der Waals surface area (Å²) in [6, 6.07) is 17.4. The van der Waals surface area contributed by atoms with Crippen LogP contribution in [0.4, 0.5) is 10.1 Å². The Morgan fingerprint density at radius 3 is 2.61 bits per heavy atom. The minimum absolute atomic E-state index is 0.0536. The van der Waals surface area contributed by atoms with Gasteiger partial charge in [-0.1, -0.05) is 41.1 Å². The fourth-order valence-electron chi connectivity index (χ4n) is 2.86. The van der Waals surface area contributed by atoms with E-state index in [1.54, 1.807) is 30.3 Å². The van der Waals surface area contributed by atoms with Gasteiger partial charge in [-0.15, -0.1) is 0 Å². The summed E-state index contributed by atoms with van der Waals surface area (Å²) in [5, 5.41) is 6.60. The molecule has 0 spiro atoms. The molecule has 1 amide bonds. The van der Waals surface area contributed by atoms with Crippen molar-refractivity contribution in [1.29, 1.82) is 0 Å². The maximum atomic E-state index is 13.9. The average molecular weight is 515 g/mol. The van der Waals surface area contributed by atoms with Gasteiger partial charge in [0.25, 0.3) is 5.91 Å². The number of oxime groups is 1. The van der Waals surface area contributed by atoms with Crippen LogP contribution in [0.2, 0.25) is 0 Å². The Bertz CT molecular complexity index is 1120. The lowest BCUT2D eigenvalue weighted by molar-refractivity contribution is -0.120. The zero-order valence-corrected chi connectivity index (χ0v) is 19.9. The molecule has 0 bridgehead atoms. The fourth-order valence-corrected chi connectivity index (χ4v) is 3.43. The smallest absolute Gasteiger partial charge is 0.265 e. The number of nitrogens with zero attached hydrogens (tertiary/aromatic N) is 1. The van der Waals surface area contributed by atoms with Crippen LogP contribution in [-0.2, 0) is 16.2 Å². The topological polar surface area (TPSA) is 69.2 Å². The summed E-state index contributed by atoms with van der Waals surface area (Å²) in [6.07, 6.45) is 1.47. The molecule has 0 heterocycles. The van der Waals surface area contributed by atoms with Gasteiger partial charge in [0.2, 0.25) is 0 Å². The van der Waals surface area contributed by atoms with Crippen LogP contribution in [0.1, 0.15) is 23.6 Å². The van der Waals surface area contributed by atoms with E-state index in [1.165, 1.54) is 12.3 Å². The number of rotatable bonds is 10. The maximum Gasteiger partial charge on any atom is 0.265 e. The Kier molecular flexibility index (Phi) is 8.83. The van der Waals surface area contributed by atoms with Crippen molar-refractivity contribution in [2.45, 2.75) is 20.5 Å². The van der Waals surface area contributed by atoms with E-state index < -0.39 is 0 Å². The number of hydrogen-bond donors (Lipinski definition) is 1. The zero-order valence-electron chi connectivity index (χ0n) is 18.3. The number of amides is 1. The van der Waals surface area contributed by atoms with Crippen LogP contribution < -0.4 is 14.8 Å². The molecule has 0 fully saturated rings. The molecule has 172 valence electrons. The summed E-state index contributed by atoms with van der Waals surface area (Å²) in [5.74, 6) is 0.278. The molecule has 0 aliphatic rings. The van der Waals surface area contributed by atoms with Crippen molar-refractivity contribution in [3.8, 4) is 11.5 Å². The molecular formula is C25H24BrFN2O4. The number of ether oxygens (including phenoxy) is 2. The maximum absolute atomic E-state index is 13.9. The predicted octanol–water partition coefficient (Wildman–Crippen LogP) is 5.86. The molecule has 0 saturated carbocycles. The van der Waals surface area contributed by atoms with Gasteiger partial charge < -0.3 is 19.6 Å². The lowest BCUT2D eigenvalue weighted by Gasteiger charge is -2.15. The molecule has 3 rings (SSSR count). The summed E-state index contributed by atoms with van der Waals surface area (Å²) >= 11 is 3.47. The van der Waals surface area contributed by atoms with Crippen LogP contribution in [0, 0.1) is 12.7 Å². The molecule has 3 aromatic carbocycles. The van der Waals surface area contributed by atoms with Gasteiger partial charge in [0.1, 0.15) is 12.4 Å². The standard InChI is InChI=1S/C25H24BrFN2O4/c1-3-31-23-13-18(12-21(26)25(23)32-15-19-6-4-5-7-22(19)27)14-28-33-16-24(30)29-20-10-8-17(2)9-11-20/h4-14H,3,15-16H2,1-2H3,(H,29,30)/b28-14+. The summed E-state index contributed by atoms with van der Waals surface area (Å²) in [4.78, 5) is 17.1. The Labute approximate surface area is 200 Å². The monoisotopic (exact) mass is 514 g/mol. The second-order valence-corrected chi connectivity index (χ2v) is 7.92. The summed E-state index contributed by atoms with van der Waals surface area (Å²) in [6.45, 7) is 4.07. The van der Waals surface area contributed by atoms with Gasteiger partial charge in [-0.05, 0) is 60.1 Å². The number of benzene rings is 3. The van der Waals surface area contributed by atoms with Crippen molar-refractivity contribution in [3.05, 3.63) is 87.6 Å². The Morgan fingerprint density at radius 1 is 1.12 bits per heavy atom. The number of nitrogens with one attached hydrogen (secondary N) is 1. The summed E-state index contributed by atoms with van der Waals surface area (Å²) < 4.78 is 26.0. The van der Waals surface area contributed by atoms with E-state index in [2.05, 4.69) is 26.4 Å². The van der Waals surface area contributed by atoms with E-state index in [4.69, 9.17) is 14.3 Å². The van der Waals surface area contributed by atoms with E-state index in [9.17, 15) is 9.18 Å². The molecular weight excluding hydrogens is 491 g/mol. The third kappa shape index (κ3) is 7.32. The number of halogens is 2. The number of anilines is 1. The van der Waals surface area contributed by atoms with Crippen molar-refractivity contribution in [2.24, 2.45) is 5.16 Å². The Morgan fingerprint density at radius 2 is 1.88 bits per heavy atom. The molecule has 33 heavy (non-hydrogen) atoms. The fraction of sp³-hybridized carbons (Fsp3) is 0.200. The van der Waals surface area contributed by atoms with E-state index in [-0.39, 0.29) is 24.9 Å². The molecule has 0 atom stereocenters. The minimum Gasteiger partial charge on any atom is -0.490 e. The quantitative estimate of drug-likeness (QED) is 0.271. The van der Waals surface area contributed by atoms with Gasteiger partial charge in [-0.25, -0.2) is 4.39 Å². The van der Waals surface area contributed by atoms with Gasteiger partial charge >= 0.3 is 0 Å². The summed E-state index contributed by atoms with van der Waals surface area (Å²) in [7, 11) is 0. The molecule has 3 aromatic rings. The Hall–Kier alpha value is -3.39. The van der Waals surface area contributed by atoms with Crippen LogP contribution in [0.3, 0.4) is 0 Å². The first-order chi connectivity index (χ1) is 16.0. The average Bonchev–Trinajstić information content (AvgIpc) is 2.79. The molecule has 0 aliphatic carbocycles. The molecule has 8 heteroatoms. The van der Waals surface area contributed by atoms with Crippen molar-refractivity contribution in [2.75, 3.05) is 18.5 Å². The van der Waals surface area contributed by atoms with Gasteiger partial charge in [0, 0.05) is 16.8 Å². The van der Waals surface area contributed by atoms with E-state index >= 15 is 0 Å². The van der Waals surface area contributed by atoms with Crippen LogP contribution in [0.5, 0.6) is 11.5 Å². The third-order valence-electron chi connectivity index (χ3n) is 4.47. The predicted molar refractivity (Wildman–Crippen MR) is 129 cm³/mol. The van der Waals surface area contributed by atoms with Gasteiger partial charge in [0.15, 0.2) is 18.1 Å². The zero-order chi connectivity index (χ0) is 23.6. The van der Waals surface area contributed by atoms with Crippen molar-refractivity contribution in [1.82, 2.24) is 0 Å². The second-order valence-electron chi connectivity index (χ2n) is 7.07. The molecule has 0 aromatic heterocycles. The first-order valence-corrected chi connectivity index (χ1v) is 11.1. The molecule has 0 radical (unpaired) electrons. The number of hydrogen-bond acceptors (Lipinski definition) is 5. The first kappa shape index (κ1) is 24.3. The van der Waals surface area contributed by atoms with Gasteiger partial charge in [0.05, 0.1) is 17.3 Å². The van der Waals surface area contributed by atoms with E-state index in [0.29, 0.717) is 39.4 Å². The van der Waals surface area contributed by atoms with Crippen LogP contribution in [-0.4, -0.2) is 25.3 Å². The SMILES string of the molecule is CCOc1cc(/C=N/OCC(=O)Nc2ccc(C)cc2)cc(Br)c1OCc1ccccc1F. The molecule has 6 nitrogen and oxygen atoms in total. The van der Waals surface area contributed by atoms with Crippen LogP contribution in [0.15, 0.2) is 70.3 Å². The van der Waals surface area contributed by atoms with Gasteiger partial charge in [-0.2, -0.15) is 0 Å².